The molecule has 0 amide bonds. The predicted molar refractivity (Wildman–Crippen MR) is 74.2 cm³/mol. The molecule has 17 heavy (non-hydrogen) atoms. The average Bonchev–Trinajstić information content (AvgIpc) is 2.37. The van der Waals surface area contributed by atoms with Crippen molar-refractivity contribution in [3.63, 3.8) is 0 Å². The van der Waals surface area contributed by atoms with Gasteiger partial charge in [-0.2, -0.15) is 0 Å². The van der Waals surface area contributed by atoms with Crippen LogP contribution in [0.4, 0.5) is 0 Å². The van der Waals surface area contributed by atoms with Crippen molar-refractivity contribution in [2.24, 2.45) is 11.8 Å². The molecule has 2 fully saturated rings. The molecule has 0 aromatic carbocycles. The molecule has 1 atom stereocenters. The van der Waals surface area contributed by atoms with Gasteiger partial charge in [-0.05, 0) is 66.3 Å². The first-order chi connectivity index (χ1) is 7.68. The van der Waals surface area contributed by atoms with Crippen molar-refractivity contribution in [2.45, 2.75) is 58.5 Å². The lowest BCUT2D eigenvalue weighted by Gasteiger charge is -2.42. The SMILES string of the molecule is CN1CC(CC2CN(C(C)(C)C)C(C)(C)C2)C1. The summed E-state index contributed by atoms with van der Waals surface area (Å²) in [7, 11) is 2.23. The van der Waals surface area contributed by atoms with E-state index in [1.165, 1.54) is 32.5 Å². The van der Waals surface area contributed by atoms with Gasteiger partial charge in [-0.1, -0.05) is 0 Å². The zero-order valence-corrected chi connectivity index (χ0v) is 12.6. The van der Waals surface area contributed by atoms with Crippen molar-refractivity contribution in [1.29, 1.82) is 0 Å². The largest absolute Gasteiger partial charge is 0.306 e. The Balaban J connectivity index is 1.92. The average molecular weight is 238 g/mol. The third-order valence-corrected chi connectivity index (χ3v) is 4.58. The number of hydrogen-bond acceptors (Lipinski definition) is 2. The van der Waals surface area contributed by atoms with Crippen molar-refractivity contribution in [3.05, 3.63) is 0 Å². The second kappa shape index (κ2) is 4.24. The van der Waals surface area contributed by atoms with Crippen molar-refractivity contribution in [2.75, 3.05) is 26.7 Å². The maximum atomic E-state index is 2.72. The van der Waals surface area contributed by atoms with Crippen LogP contribution in [0.2, 0.25) is 0 Å². The highest BCUT2D eigenvalue weighted by molar-refractivity contribution is 4.99. The number of hydrogen-bond donors (Lipinski definition) is 0. The molecule has 0 radical (unpaired) electrons. The van der Waals surface area contributed by atoms with E-state index in [0.717, 1.165) is 11.8 Å². The molecule has 0 saturated carbocycles. The summed E-state index contributed by atoms with van der Waals surface area (Å²) in [6.07, 6.45) is 2.82. The van der Waals surface area contributed by atoms with Gasteiger partial charge < -0.3 is 4.90 Å². The van der Waals surface area contributed by atoms with Gasteiger partial charge in [-0.3, -0.25) is 4.90 Å². The second-order valence-electron chi connectivity index (χ2n) is 7.99. The van der Waals surface area contributed by atoms with Crippen molar-refractivity contribution in [1.82, 2.24) is 9.80 Å². The highest BCUT2D eigenvalue weighted by atomic mass is 15.3. The standard InChI is InChI=1S/C15H30N2/c1-14(2,3)17-11-12(8-15(17,4)5)7-13-9-16(6)10-13/h12-13H,7-11H2,1-6H3. The van der Waals surface area contributed by atoms with Crippen molar-refractivity contribution >= 4 is 0 Å². The molecule has 1 unspecified atom stereocenters. The van der Waals surface area contributed by atoms with E-state index in [4.69, 9.17) is 0 Å². The maximum Gasteiger partial charge on any atom is 0.0161 e. The first-order valence-corrected chi connectivity index (χ1v) is 7.15. The van der Waals surface area contributed by atoms with Crippen molar-refractivity contribution in [3.8, 4) is 0 Å². The Morgan fingerprint density at radius 2 is 1.65 bits per heavy atom. The van der Waals surface area contributed by atoms with Crippen LogP contribution in [-0.2, 0) is 0 Å². The molecule has 2 heteroatoms. The molecule has 2 rings (SSSR count). The predicted octanol–water partition coefficient (Wildman–Crippen LogP) is 2.84. The maximum absolute atomic E-state index is 2.72. The number of likely N-dealkylation sites (tertiary alicyclic amines) is 2. The van der Waals surface area contributed by atoms with E-state index in [0.29, 0.717) is 11.1 Å². The molecule has 2 heterocycles. The van der Waals surface area contributed by atoms with Crippen LogP contribution in [0.15, 0.2) is 0 Å². The highest BCUT2D eigenvalue weighted by Crippen LogP contribution is 2.41. The fourth-order valence-electron chi connectivity index (χ4n) is 4.17. The summed E-state index contributed by atoms with van der Waals surface area (Å²) in [6.45, 7) is 15.9. The van der Waals surface area contributed by atoms with Gasteiger partial charge in [0.15, 0.2) is 0 Å². The number of nitrogens with zero attached hydrogens (tertiary/aromatic N) is 2. The molecule has 2 nitrogen and oxygen atoms in total. The van der Waals surface area contributed by atoms with E-state index in [-0.39, 0.29) is 0 Å². The molecule has 100 valence electrons. The summed E-state index contributed by atoms with van der Waals surface area (Å²) in [6, 6.07) is 0. The van der Waals surface area contributed by atoms with Crippen LogP contribution in [-0.4, -0.2) is 47.6 Å². The van der Waals surface area contributed by atoms with Gasteiger partial charge in [-0.25, -0.2) is 0 Å². The van der Waals surface area contributed by atoms with E-state index < -0.39 is 0 Å². The van der Waals surface area contributed by atoms with Gasteiger partial charge in [-0.15, -0.1) is 0 Å². The molecule has 0 N–H and O–H groups in total. The van der Waals surface area contributed by atoms with Crippen LogP contribution in [0.25, 0.3) is 0 Å². The number of rotatable bonds is 2. The molecular formula is C15H30N2. The van der Waals surface area contributed by atoms with Gasteiger partial charge in [0.1, 0.15) is 0 Å². The Bertz CT molecular complexity index is 271. The topological polar surface area (TPSA) is 6.48 Å². The van der Waals surface area contributed by atoms with Crippen LogP contribution < -0.4 is 0 Å². The quantitative estimate of drug-likeness (QED) is 0.730. The minimum absolute atomic E-state index is 0.314. The summed E-state index contributed by atoms with van der Waals surface area (Å²) in [4.78, 5) is 5.15. The third kappa shape index (κ3) is 2.85. The van der Waals surface area contributed by atoms with E-state index >= 15 is 0 Å². The molecule has 0 spiro atoms. The minimum atomic E-state index is 0.314. The monoisotopic (exact) mass is 238 g/mol. The second-order valence-corrected chi connectivity index (χ2v) is 7.99. The molecule has 0 aromatic heterocycles. The van der Waals surface area contributed by atoms with Crippen LogP contribution in [0, 0.1) is 11.8 Å². The summed E-state index contributed by atoms with van der Waals surface area (Å²) >= 11 is 0. The zero-order chi connectivity index (χ0) is 12.8. The molecule has 2 aliphatic rings. The minimum Gasteiger partial charge on any atom is -0.306 e. The Morgan fingerprint density at radius 1 is 1.06 bits per heavy atom. The lowest BCUT2D eigenvalue weighted by atomic mass is 9.85. The lowest BCUT2D eigenvalue weighted by molar-refractivity contribution is 0.0652. The van der Waals surface area contributed by atoms with Crippen LogP contribution in [0.3, 0.4) is 0 Å². The fourth-order valence-corrected chi connectivity index (χ4v) is 4.17. The Morgan fingerprint density at radius 3 is 2.06 bits per heavy atom. The smallest absolute Gasteiger partial charge is 0.0161 e. The van der Waals surface area contributed by atoms with Gasteiger partial charge in [0, 0.05) is 30.7 Å². The van der Waals surface area contributed by atoms with Crippen LogP contribution >= 0.6 is 0 Å². The van der Waals surface area contributed by atoms with Crippen LogP contribution in [0.5, 0.6) is 0 Å². The first-order valence-electron chi connectivity index (χ1n) is 7.15. The molecule has 0 bridgehead atoms. The molecule has 2 saturated heterocycles. The van der Waals surface area contributed by atoms with E-state index in [1.54, 1.807) is 0 Å². The highest BCUT2D eigenvalue weighted by Gasteiger charge is 2.44. The zero-order valence-electron chi connectivity index (χ0n) is 12.6. The summed E-state index contributed by atoms with van der Waals surface area (Å²) < 4.78 is 0. The first kappa shape index (κ1) is 13.4. The molecule has 0 aliphatic carbocycles. The van der Waals surface area contributed by atoms with E-state index in [1.807, 2.05) is 0 Å². The van der Waals surface area contributed by atoms with Gasteiger partial charge in [0.25, 0.3) is 0 Å². The molecule has 0 aromatic rings. The Kier molecular flexibility index (Phi) is 3.33. The Hall–Kier alpha value is -0.0800. The van der Waals surface area contributed by atoms with Gasteiger partial charge >= 0.3 is 0 Å². The fraction of sp³-hybridized carbons (Fsp3) is 1.00. The van der Waals surface area contributed by atoms with Crippen LogP contribution in [0.1, 0.15) is 47.5 Å². The van der Waals surface area contributed by atoms with E-state index in [9.17, 15) is 0 Å². The van der Waals surface area contributed by atoms with Gasteiger partial charge in [0.2, 0.25) is 0 Å². The van der Waals surface area contributed by atoms with Crippen molar-refractivity contribution < 1.29 is 0 Å². The molecule has 2 aliphatic heterocycles. The normalized spacial score (nSPS) is 31.8. The third-order valence-electron chi connectivity index (χ3n) is 4.58. The Labute approximate surface area is 107 Å². The summed E-state index contributed by atoms with van der Waals surface area (Å²) in [5, 5.41) is 0. The molecular weight excluding hydrogens is 208 g/mol. The van der Waals surface area contributed by atoms with Gasteiger partial charge in [0.05, 0.1) is 0 Å². The summed E-state index contributed by atoms with van der Waals surface area (Å²) in [5.41, 5.74) is 0.702. The lowest BCUT2D eigenvalue weighted by Crippen LogP contribution is -2.50. The van der Waals surface area contributed by atoms with E-state index in [2.05, 4.69) is 51.5 Å². The summed E-state index contributed by atoms with van der Waals surface area (Å²) in [5.74, 6) is 1.89.